The lowest BCUT2D eigenvalue weighted by molar-refractivity contribution is -0.0501. The van der Waals surface area contributed by atoms with Gasteiger partial charge in [-0.1, -0.05) is 24.3 Å². The Bertz CT molecular complexity index is 659. The van der Waals surface area contributed by atoms with Gasteiger partial charge in [0.05, 0.1) is 10.0 Å². The Balaban J connectivity index is 2.27. The highest BCUT2D eigenvalue weighted by Gasteiger charge is 2.17. The van der Waals surface area contributed by atoms with Crippen molar-refractivity contribution in [1.29, 1.82) is 0 Å². The molecule has 0 atom stereocenters. The van der Waals surface area contributed by atoms with Crippen molar-refractivity contribution in [1.82, 2.24) is 0 Å². The zero-order valence-electron chi connectivity index (χ0n) is 10.7. The van der Waals surface area contributed by atoms with Crippen LogP contribution in [0.1, 0.15) is 15.9 Å². The SMILES string of the molecule is O=C(Cc1cccc(F)c1Br)c1ccccc1OC(F)F. The Labute approximate surface area is 127 Å². The van der Waals surface area contributed by atoms with E-state index in [1.165, 1.54) is 30.3 Å². The molecule has 0 spiro atoms. The van der Waals surface area contributed by atoms with Crippen molar-refractivity contribution in [2.45, 2.75) is 13.0 Å². The third-order valence-electron chi connectivity index (χ3n) is 2.79. The van der Waals surface area contributed by atoms with E-state index in [0.717, 1.165) is 0 Å². The summed E-state index contributed by atoms with van der Waals surface area (Å²) >= 11 is 3.06. The smallest absolute Gasteiger partial charge is 0.387 e. The van der Waals surface area contributed by atoms with Gasteiger partial charge >= 0.3 is 6.61 Å². The van der Waals surface area contributed by atoms with Gasteiger partial charge in [-0.15, -0.1) is 0 Å². The minimum atomic E-state index is -3.01. The number of hydrogen-bond acceptors (Lipinski definition) is 2. The molecule has 21 heavy (non-hydrogen) atoms. The predicted octanol–water partition coefficient (Wildman–Crippen LogP) is 4.62. The van der Waals surface area contributed by atoms with Gasteiger partial charge in [-0.25, -0.2) is 4.39 Å². The molecule has 0 saturated carbocycles. The lowest BCUT2D eigenvalue weighted by atomic mass is 10.0. The van der Waals surface area contributed by atoms with Gasteiger partial charge < -0.3 is 4.74 Å². The molecule has 0 saturated heterocycles. The van der Waals surface area contributed by atoms with Crippen LogP contribution in [0.5, 0.6) is 5.75 Å². The van der Waals surface area contributed by atoms with E-state index in [-0.39, 0.29) is 22.2 Å². The summed E-state index contributed by atoms with van der Waals surface area (Å²) in [6, 6.07) is 10.0. The van der Waals surface area contributed by atoms with E-state index in [4.69, 9.17) is 0 Å². The van der Waals surface area contributed by atoms with Crippen molar-refractivity contribution in [3.63, 3.8) is 0 Å². The van der Waals surface area contributed by atoms with Crippen LogP contribution in [-0.4, -0.2) is 12.4 Å². The fourth-order valence-corrected chi connectivity index (χ4v) is 2.25. The maximum absolute atomic E-state index is 13.4. The normalized spacial score (nSPS) is 10.7. The summed E-state index contributed by atoms with van der Waals surface area (Å²) in [6.45, 7) is -3.01. The third-order valence-corrected chi connectivity index (χ3v) is 3.67. The van der Waals surface area contributed by atoms with Crippen molar-refractivity contribution < 1.29 is 22.7 Å². The van der Waals surface area contributed by atoms with Crippen molar-refractivity contribution in [2.24, 2.45) is 0 Å². The monoisotopic (exact) mass is 358 g/mol. The molecule has 0 N–H and O–H groups in total. The second-order valence-corrected chi connectivity index (χ2v) is 4.98. The Morgan fingerprint density at radius 1 is 1.14 bits per heavy atom. The quantitative estimate of drug-likeness (QED) is 0.729. The molecule has 0 aromatic heterocycles. The summed E-state index contributed by atoms with van der Waals surface area (Å²) < 4.78 is 42.5. The number of benzene rings is 2. The van der Waals surface area contributed by atoms with Crippen LogP contribution in [0.4, 0.5) is 13.2 Å². The average Bonchev–Trinajstić information content (AvgIpc) is 2.44. The molecule has 0 fully saturated rings. The van der Waals surface area contributed by atoms with Crippen molar-refractivity contribution in [3.8, 4) is 5.75 Å². The maximum atomic E-state index is 13.4. The summed E-state index contributed by atoms with van der Waals surface area (Å²) in [7, 11) is 0. The molecule has 2 aromatic rings. The fourth-order valence-electron chi connectivity index (χ4n) is 1.85. The number of carbonyl (C=O) groups excluding carboxylic acids is 1. The number of ether oxygens (including phenoxy) is 1. The van der Waals surface area contributed by atoms with Crippen LogP contribution in [0.2, 0.25) is 0 Å². The molecule has 6 heteroatoms. The highest BCUT2D eigenvalue weighted by molar-refractivity contribution is 9.10. The van der Waals surface area contributed by atoms with Crippen molar-refractivity contribution in [2.75, 3.05) is 0 Å². The van der Waals surface area contributed by atoms with E-state index in [1.807, 2.05) is 0 Å². The number of halogens is 4. The van der Waals surface area contributed by atoms with Crippen LogP contribution in [0.15, 0.2) is 46.9 Å². The van der Waals surface area contributed by atoms with E-state index in [0.29, 0.717) is 5.56 Å². The number of para-hydroxylation sites is 1. The van der Waals surface area contributed by atoms with Crippen LogP contribution in [0.25, 0.3) is 0 Å². The number of hydrogen-bond donors (Lipinski definition) is 0. The van der Waals surface area contributed by atoms with Gasteiger partial charge in [0.25, 0.3) is 0 Å². The summed E-state index contributed by atoms with van der Waals surface area (Å²) in [5.74, 6) is -1.11. The summed E-state index contributed by atoms with van der Waals surface area (Å²) in [6.07, 6.45) is -0.123. The molecule has 2 nitrogen and oxygen atoms in total. The molecule has 2 rings (SSSR count). The predicted molar refractivity (Wildman–Crippen MR) is 75.2 cm³/mol. The molecular formula is C15H10BrF3O2. The van der Waals surface area contributed by atoms with Gasteiger partial charge in [-0.3, -0.25) is 4.79 Å². The number of rotatable bonds is 5. The van der Waals surface area contributed by atoms with Gasteiger partial charge in [-0.2, -0.15) is 8.78 Å². The molecule has 0 aliphatic rings. The van der Waals surface area contributed by atoms with Crippen LogP contribution in [0.3, 0.4) is 0 Å². The van der Waals surface area contributed by atoms with Gasteiger partial charge in [0, 0.05) is 6.42 Å². The van der Waals surface area contributed by atoms with Crippen LogP contribution >= 0.6 is 15.9 Å². The van der Waals surface area contributed by atoms with E-state index >= 15 is 0 Å². The Morgan fingerprint density at radius 2 is 1.86 bits per heavy atom. The molecule has 0 amide bonds. The van der Waals surface area contributed by atoms with E-state index < -0.39 is 18.2 Å². The Hall–Kier alpha value is -1.82. The summed E-state index contributed by atoms with van der Waals surface area (Å²) in [5.41, 5.74) is 0.473. The van der Waals surface area contributed by atoms with Crippen molar-refractivity contribution >= 4 is 21.7 Å². The Kier molecular flexibility index (Phi) is 5.01. The first kappa shape index (κ1) is 15.6. The topological polar surface area (TPSA) is 26.3 Å². The van der Waals surface area contributed by atoms with E-state index in [2.05, 4.69) is 20.7 Å². The van der Waals surface area contributed by atoms with Gasteiger partial charge in [-0.05, 0) is 39.7 Å². The first-order chi connectivity index (χ1) is 9.99. The zero-order valence-corrected chi connectivity index (χ0v) is 12.2. The first-order valence-corrected chi connectivity index (χ1v) is 6.78. The molecule has 2 aromatic carbocycles. The summed E-state index contributed by atoms with van der Waals surface area (Å²) in [4.78, 5) is 12.2. The number of Topliss-reactive ketones (excluding diaryl/α,β-unsaturated/α-hetero) is 1. The lowest BCUT2D eigenvalue weighted by Gasteiger charge is -2.10. The lowest BCUT2D eigenvalue weighted by Crippen LogP contribution is -2.10. The zero-order chi connectivity index (χ0) is 15.4. The fraction of sp³-hybridized carbons (Fsp3) is 0.133. The number of ketones is 1. The average molecular weight is 359 g/mol. The highest BCUT2D eigenvalue weighted by Crippen LogP contribution is 2.25. The standard InChI is InChI=1S/C15H10BrF3O2/c16-14-9(4-3-6-11(14)17)8-12(20)10-5-1-2-7-13(10)21-15(18)19/h1-7,15H,8H2. The number of carbonyl (C=O) groups is 1. The van der Waals surface area contributed by atoms with Crippen LogP contribution < -0.4 is 4.74 Å². The Morgan fingerprint density at radius 3 is 2.57 bits per heavy atom. The molecule has 0 aliphatic carbocycles. The van der Waals surface area contributed by atoms with Gasteiger partial charge in [0.15, 0.2) is 5.78 Å². The molecule has 0 aliphatic heterocycles. The maximum Gasteiger partial charge on any atom is 0.387 e. The third kappa shape index (κ3) is 3.85. The molecule has 0 heterocycles. The largest absolute Gasteiger partial charge is 0.434 e. The molecule has 0 unspecified atom stereocenters. The number of alkyl halides is 2. The van der Waals surface area contributed by atoms with Crippen LogP contribution in [-0.2, 0) is 6.42 Å². The molecule has 110 valence electrons. The second kappa shape index (κ2) is 6.76. The van der Waals surface area contributed by atoms with E-state index in [9.17, 15) is 18.0 Å². The van der Waals surface area contributed by atoms with E-state index in [1.54, 1.807) is 12.1 Å². The first-order valence-electron chi connectivity index (χ1n) is 5.99. The molecule has 0 radical (unpaired) electrons. The van der Waals surface area contributed by atoms with Gasteiger partial charge in [0.1, 0.15) is 11.6 Å². The minimum absolute atomic E-state index is 0.0361. The molecule has 0 bridgehead atoms. The molecular weight excluding hydrogens is 349 g/mol. The van der Waals surface area contributed by atoms with Crippen molar-refractivity contribution in [3.05, 3.63) is 63.9 Å². The van der Waals surface area contributed by atoms with Crippen LogP contribution in [0, 0.1) is 5.82 Å². The van der Waals surface area contributed by atoms with Gasteiger partial charge in [0.2, 0.25) is 0 Å². The summed E-state index contributed by atoms with van der Waals surface area (Å²) in [5, 5.41) is 0. The second-order valence-electron chi connectivity index (χ2n) is 4.19. The highest BCUT2D eigenvalue weighted by atomic mass is 79.9. The minimum Gasteiger partial charge on any atom is -0.434 e.